The highest BCUT2D eigenvalue weighted by Crippen LogP contribution is 2.19. The number of benzene rings is 2. The molecule has 0 atom stereocenters. The van der Waals surface area contributed by atoms with E-state index >= 15 is 0 Å². The molecule has 0 aliphatic heterocycles. The fraction of sp³-hybridized carbons (Fsp3) is 0.517. The van der Waals surface area contributed by atoms with Crippen LogP contribution in [-0.2, 0) is 9.59 Å². The second-order valence-electron chi connectivity index (χ2n) is 8.82. The molecule has 192 valence electrons. The van der Waals surface area contributed by atoms with Gasteiger partial charge in [-0.2, -0.15) is 0 Å². The number of amides is 2. The Labute approximate surface area is 210 Å². The number of hydrogen-bond donors (Lipinski definition) is 2. The third-order valence-electron chi connectivity index (χ3n) is 5.58. The number of carbonyl (C=O) groups excluding carboxylic acids is 2. The Hall–Kier alpha value is -3.02. The van der Waals surface area contributed by atoms with Crippen LogP contribution in [0.5, 0.6) is 11.5 Å². The van der Waals surface area contributed by atoms with E-state index in [9.17, 15) is 9.59 Å². The molecule has 0 aromatic heterocycles. The van der Waals surface area contributed by atoms with Crippen molar-refractivity contribution in [3.63, 3.8) is 0 Å². The molecule has 0 saturated carbocycles. The number of anilines is 2. The van der Waals surface area contributed by atoms with Crippen molar-refractivity contribution in [2.24, 2.45) is 0 Å². The van der Waals surface area contributed by atoms with Gasteiger partial charge in [-0.15, -0.1) is 0 Å². The minimum atomic E-state index is 0.0241. The first-order valence-electron chi connectivity index (χ1n) is 13.2. The maximum absolute atomic E-state index is 12.2. The van der Waals surface area contributed by atoms with Gasteiger partial charge in [0.25, 0.3) is 0 Å². The molecule has 6 heteroatoms. The summed E-state index contributed by atoms with van der Waals surface area (Å²) in [7, 11) is 0. The molecule has 0 saturated heterocycles. The van der Waals surface area contributed by atoms with Gasteiger partial charge in [0.1, 0.15) is 11.5 Å². The molecule has 35 heavy (non-hydrogen) atoms. The standard InChI is InChI=1S/C29H42N2O4/c1-3-5-20-34-26-16-12-14-24(22-26)30-28(32)18-10-8-7-9-11-19-29(33)31-25-15-13-17-27(23-25)35-21-6-4-2/h12-17,22-23H,3-11,18-21H2,1-2H3,(H,30,32)(H,31,33). The van der Waals surface area contributed by atoms with Gasteiger partial charge >= 0.3 is 0 Å². The van der Waals surface area contributed by atoms with E-state index in [0.29, 0.717) is 26.1 Å². The third kappa shape index (κ3) is 12.9. The van der Waals surface area contributed by atoms with Gasteiger partial charge in [-0.3, -0.25) is 9.59 Å². The Kier molecular flexibility index (Phi) is 14.0. The van der Waals surface area contributed by atoms with Gasteiger partial charge in [0.15, 0.2) is 0 Å². The summed E-state index contributed by atoms with van der Waals surface area (Å²) < 4.78 is 11.4. The quantitative estimate of drug-likeness (QED) is 0.218. The predicted octanol–water partition coefficient (Wildman–Crippen LogP) is 7.35. The number of hydrogen-bond acceptors (Lipinski definition) is 4. The molecule has 0 spiro atoms. The highest BCUT2D eigenvalue weighted by atomic mass is 16.5. The zero-order chi connectivity index (χ0) is 25.1. The van der Waals surface area contributed by atoms with Crippen LogP contribution in [-0.4, -0.2) is 25.0 Å². The lowest BCUT2D eigenvalue weighted by molar-refractivity contribution is -0.117. The first-order chi connectivity index (χ1) is 17.1. The molecule has 0 heterocycles. The lowest BCUT2D eigenvalue weighted by Crippen LogP contribution is -2.11. The summed E-state index contributed by atoms with van der Waals surface area (Å²) in [5.74, 6) is 1.62. The topological polar surface area (TPSA) is 76.7 Å². The average Bonchev–Trinajstić information content (AvgIpc) is 2.84. The van der Waals surface area contributed by atoms with E-state index in [4.69, 9.17) is 9.47 Å². The van der Waals surface area contributed by atoms with Gasteiger partial charge in [0, 0.05) is 36.3 Å². The van der Waals surface area contributed by atoms with Crippen molar-refractivity contribution in [3.8, 4) is 11.5 Å². The largest absolute Gasteiger partial charge is 0.494 e. The summed E-state index contributed by atoms with van der Waals surface area (Å²) >= 11 is 0. The van der Waals surface area contributed by atoms with Gasteiger partial charge in [-0.05, 0) is 49.9 Å². The number of ether oxygens (including phenoxy) is 2. The first kappa shape index (κ1) is 28.2. The van der Waals surface area contributed by atoms with Crippen molar-refractivity contribution in [1.29, 1.82) is 0 Å². The van der Waals surface area contributed by atoms with E-state index in [1.54, 1.807) is 0 Å². The molecular formula is C29H42N2O4. The minimum Gasteiger partial charge on any atom is -0.494 e. The molecule has 2 N–H and O–H groups in total. The minimum absolute atomic E-state index is 0.0241. The number of nitrogens with one attached hydrogen (secondary N) is 2. The molecule has 2 amide bonds. The molecule has 2 rings (SSSR count). The molecule has 0 unspecified atom stereocenters. The average molecular weight is 483 g/mol. The molecular weight excluding hydrogens is 440 g/mol. The van der Waals surface area contributed by atoms with Crippen LogP contribution in [0.25, 0.3) is 0 Å². The van der Waals surface area contributed by atoms with Gasteiger partial charge in [0.2, 0.25) is 11.8 Å². The van der Waals surface area contributed by atoms with Crippen molar-refractivity contribution in [2.45, 2.75) is 84.5 Å². The fourth-order valence-corrected chi connectivity index (χ4v) is 3.54. The van der Waals surface area contributed by atoms with E-state index in [0.717, 1.165) is 80.7 Å². The summed E-state index contributed by atoms with van der Waals surface area (Å²) in [6.07, 6.45) is 9.87. The molecule has 0 aliphatic rings. The highest BCUT2D eigenvalue weighted by molar-refractivity contribution is 5.91. The van der Waals surface area contributed by atoms with E-state index < -0.39 is 0 Å². The fourth-order valence-electron chi connectivity index (χ4n) is 3.54. The van der Waals surface area contributed by atoms with E-state index in [2.05, 4.69) is 24.5 Å². The van der Waals surface area contributed by atoms with Gasteiger partial charge in [-0.25, -0.2) is 0 Å². The molecule has 0 radical (unpaired) electrons. The van der Waals surface area contributed by atoms with Crippen LogP contribution in [0.1, 0.15) is 84.5 Å². The number of carbonyl (C=O) groups is 2. The molecule has 0 aliphatic carbocycles. The summed E-state index contributed by atoms with van der Waals surface area (Å²) in [6, 6.07) is 15.1. The Morgan fingerprint density at radius 1 is 0.629 bits per heavy atom. The molecule has 0 bridgehead atoms. The molecule has 6 nitrogen and oxygen atoms in total. The normalized spacial score (nSPS) is 10.6. The second-order valence-corrected chi connectivity index (χ2v) is 8.82. The van der Waals surface area contributed by atoms with Crippen LogP contribution in [0.3, 0.4) is 0 Å². The summed E-state index contributed by atoms with van der Waals surface area (Å²) in [5, 5.41) is 5.90. The van der Waals surface area contributed by atoms with Crippen molar-refractivity contribution in [1.82, 2.24) is 0 Å². The van der Waals surface area contributed by atoms with Gasteiger partial charge in [-0.1, -0.05) is 58.1 Å². The summed E-state index contributed by atoms with van der Waals surface area (Å²) in [5.41, 5.74) is 1.54. The maximum Gasteiger partial charge on any atom is 0.224 e. The first-order valence-corrected chi connectivity index (χ1v) is 13.2. The van der Waals surface area contributed by atoms with Crippen LogP contribution in [0, 0.1) is 0 Å². The Morgan fingerprint density at radius 3 is 1.49 bits per heavy atom. The SMILES string of the molecule is CCCCOc1cccc(NC(=O)CCCCCCCC(=O)Nc2cccc(OCCCC)c2)c1. The molecule has 0 fully saturated rings. The Bertz CT molecular complexity index is 813. The van der Waals surface area contributed by atoms with Crippen LogP contribution in [0.15, 0.2) is 48.5 Å². The predicted molar refractivity (Wildman–Crippen MR) is 143 cm³/mol. The van der Waals surface area contributed by atoms with Crippen LogP contribution in [0.2, 0.25) is 0 Å². The zero-order valence-electron chi connectivity index (χ0n) is 21.4. The van der Waals surface area contributed by atoms with Gasteiger partial charge in [0.05, 0.1) is 13.2 Å². The van der Waals surface area contributed by atoms with Crippen molar-refractivity contribution < 1.29 is 19.1 Å². The van der Waals surface area contributed by atoms with Crippen LogP contribution in [0.4, 0.5) is 11.4 Å². The Morgan fingerprint density at radius 2 is 1.06 bits per heavy atom. The van der Waals surface area contributed by atoms with Crippen molar-refractivity contribution >= 4 is 23.2 Å². The van der Waals surface area contributed by atoms with Gasteiger partial charge < -0.3 is 20.1 Å². The monoisotopic (exact) mass is 482 g/mol. The smallest absolute Gasteiger partial charge is 0.224 e. The van der Waals surface area contributed by atoms with Crippen molar-refractivity contribution in [2.75, 3.05) is 23.8 Å². The lowest BCUT2D eigenvalue weighted by Gasteiger charge is -2.09. The van der Waals surface area contributed by atoms with E-state index in [1.807, 2.05) is 48.5 Å². The maximum atomic E-state index is 12.2. The number of unbranched alkanes of at least 4 members (excludes halogenated alkanes) is 6. The van der Waals surface area contributed by atoms with Crippen LogP contribution >= 0.6 is 0 Å². The molecule has 2 aromatic rings. The zero-order valence-corrected chi connectivity index (χ0v) is 21.4. The Balaban J connectivity index is 1.54. The second kappa shape index (κ2) is 17.4. The lowest BCUT2D eigenvalue weighted by atomic mass is 10.1. The van der Waals surface area contributed by atoms with E-state index in [-0.39, 0.29) is 11.8 Å². The molecule has 2 aromatic carbocycles. The highest BCUT2D eigenvalue weighted by Gasteiger charge is 2.06. The summed E-state index contributed by atoms with van der Waals surface area (Å²) in [6.45, 7) is 5.64. The summed E-state index contributed by atoms with van der Waals surface area (Å²) in [4.78, 5) is 24.4. The number of rotatable bonds is 18. The van der Waals surface area contributed by atoms with E-state index in [1.165, 1.54) is 0 Å². The third-order valence-corrected chi connectivity index (χ3v) is 5.58. The van der Waals surface area contributed by atoms with Crippen molar-refractivity contribution in [3.05, 3.63) is 48.5 Å². The van der Waals surface area contributed by atoms with Crippen LogP contribution < -0.4 is 20.1 Å².